The molecule has 0 spiro atoms. The molecule has 7 nitrogen and oxygen atoms in total. The molecule has 1 saturated heterocycles. The highest BCUT2D eigenvalue weighted by Gasteiger charge is 2.40. The second-order valence-corrected chi connectivity index (χ2v) is 9.45. The fourth-order valence-electron chi connectivity index (χ4n) is 4.66. The SMILES string of the molecule is C=CC(=O)Nc1cccc(C#CCN(C(=O)[C@@H]2CCCN2c2nc(C)cc(C(F)(F)F)c2C#N)c2ccc(F)cc2)c1. The lowest BCUT2D eigenvalue weighted by molar-refractivity contribution is -0.137. The van der Waals surface area contributed by atoms with Crippen LogP contribution in [-0.2, 0) is 15.8 Å². The van der Waals surface area contributed by atoms with Gasteiger partial charge in [0, 0.05) is 29.2 Å². The van der Waals surface area contributed by atoms with Gasteiger partial charge in [-0.15, -0.1) is 0 Å². The Kier molecular flexibility index (Phi) is 8.92. The summed E-state index contributed by atoms with van der Waals surface area (Å²) in [6.07, 6.45) is -2.87. The lowest BCUT2D eigenvalue weighted by atomic mass is 10.1. The predicted molar refractivity (Wildman–Crippen MR) is 150 cm³/mol. The molecule has 2 aromatic carbocycles. The standard InChI is InChI=1S/C31H25F4N5O2/c1-3-28(41)38-23-9-4-7-21(18-23)8-5-15-39(24-13-11-22(32)12-14-24)30(42)27-10-6-16-40(27)29-25(19-36)26(31(33,34)35)17-20(2)37-29/h3-4,7,9,11-14,17-18,27H,1,6,10,15-16H2,2H3,(H,38,41)/t27-/m0/s1. The first kappa shape index (κ1) is 29.8. The minimum absolute atomic E-state index is 0.0576. The van der Waals surface area contributed by atoms with E-state index in [-0.39, 0.29) is 30.5 Å². The highest BCUT2D eigenvalue weighted by atomic mass is 19.4. The lowest BCUT2D eigenvalue weighted by Gasteiger charge is -2.31. The Morgan fingerprint density at radius 1 is 1.21 bits per heavy atom. The van der Waals surface area contributed by atoms with Crippen LogP contribution in [0.1, 0.15) is 35.2 Å². The number of nitriles is 1. The zero-order valence-corrected chi connectivity index (χ0v) is 22.5. The van der Waals surface area contributed by atoms with Crippen molar-refractivity contribution in [2.45, 2.75) is 32.0 Å². The largest absolute Gasteiger partial charge is 0.417 e. The number of carbonyl (C=O) groups excluding carboxylic acids is 2. The van der Waals surface area contributed by atoms with Crippen LogP contribution < -0.4 is 15.1 Å². The summed E-state index contributed by atoms with van der Waals surface area (Å²) in [5, 5.41) is 12.3. The van der Waals surface area contributed by atoms with Crippen molar-refractivity contribution in [3.8, 4) is 17.9 Å². The second kappa shape index (κ2) is 12.6. The van der Waals surface area contributed by atoms with E-state index in [1.54, 1.807) is 30.3 Å². The van der Waals surface area contributed by atoms with Gasteiger partial charge < -0.3 is 10.2 Å². The molecule has 1 aliphatic rings. The molecule has 2 heterocycles. The van der Waals surface area contributed by atoms with Crippen molar-refractivity contribution in [3.05, 3.63) is 95.5 Å². The zero-order valence-electron chi connectivity index (χ0n) is 22.5. The first-order chi connectivity index (χ1) is 20.0. The monoisotopic (exact) mass is 575 g/mol. The minimum Gasteiger partial charge on any atom is -0.343 e. The van der Waals surface area contributed by atoms with Gasteiger partial charge in [0.25, 0.3) is 5.91 Å². The third kappa shape index (κ3) is 6.76. The number of pyridine rings is 1. The molecule has 2 amide bonds. The van der Waals surface area contributed by atoms with Crippen LogP contribution in [0, 0.1) is 35.9 Å². The number of carbonyl (C=O) groups is 2. The molecule has 1 N–H and O–H groups in total. The minimum atomic E-state index is -4.78. The summed E-state index contributed by atoms with van der Waals surface area (Å²) in [5.41, 5.74) is -0.321. The maximum absolute atomic E-state index is 14.0. The van der Waals surface area contributed by atoms with E-state index in [1.165, 1.54) is 41.0 Å². The predicted octanol–water partition coefficient (Wildman–Crippen LogP) is 5.60. The molecule has 1 fully saturated rings. The fourth-order valence-corrected chi connectivity index (χ4v) is 4.66. The van der Waals surface area contributed by atoms with Gasteiger partial charge in [-0.2, -0.15) is 18.4 Å². The highest BCUT2D eigenvalue weighted by molar-refractivity contribution is 6.00. The fraction of sp³-hybridized carbons (Fsp3) is 0.226. The van der Waals surface area contributed by atoms with Crippen LogP contribution in [0.5, 0.6) is 0 Å². The highest BCUT2D eigenvalue weighted by Crippen LogP contribution is 2.38. The number of nitrogens with zero attached hydrogens (tertiary/aromatic N) is 4. The molecule has 1 aliphatic heterocycles. The van der Waals surface area contributed by atoms with Gasteiger partial charge in [0.15, 0.2) is 0 Å². The molecule has 3 aromatic rings. The van der Waals surface area contributed by atoms with Gasteiger partial charge in [-0.05, 0) is 74.4 Å². The summed E-state index contributed by atoms with van der Waals surface area (Å²) in [7, 11) is 0. The Balaban J connectivity index is 1.68. The van der Waals surface area contributed by atoms with Crippen LogP contribution in [0.4, 0.5) is 34.8 Å². The topological polar surface area (TPSA) is 89.3 Å². The van der Waals surface area contributed by atoms with E-state index in [0.29, 0.717) is 29.8 Å². The number of hydrogen-bond acceptors (Lipinski definition) is 5. The number of alkyl halides is 3. The molecule has 4 rings (SSSR count). The van der Waals surface area contributed by atoms with Crippen LogP contribution in [0.3, 0.4) is 0 Å². The van der Waals surface area contributed by atoms with E-state index in [2.05, 4.69) is 28.7 Å². The van der Waals surface area contributed by atoms with Gasteiger partial charge in [0.05, 0.1) is 12.1 Å². The van der Waals surface area contributed by atoms with E-state index in [0.717, 1.165) is 12.1 Å². The van der Waals surface area contributed by atoms with Crippen LogP contribution in [0.2, 0.25) is 0 Å². The molecular weight excluding hydrogens is 550 g/mol. The van der Waals surface area contributed by atoms with Gasteiger partial charge >= 0.3 is 6.18 Å². The third-order valence-corrected chi connectivity index (χ3v) is 6.55. The Hall–Kier alpha value is -5.16. The van der Waals surface area contributed by atoms with Crippen LogP contribution in [0.25, 0.3) is 0 Å². The van der Waals surface area contributed by atoms with Crippen molar-refractivity contribution in [3.63, 3.8) is 0 Å². The molecule has 1 atom stereocenters. The van der Waals surface area contributed by atoms with Gasteiger partial charge in [-0.25, -0.2) is 9.37 Å². The molecule has 0 bridgehead atoms. The number of rotatable bonds is 6. The number of benzene rings is 2. The molecule has 0 radical (unpaired) electrons. The summed E-state index contributed by atoms with van der Waals surface area (Å²) in [6.45, 7) is 4.89. The maximum Gasteiger partial charge on any atom is 0.417 e. The van der Waals surface area contributed by atoms with E-state index in [1.807, 2.05) is 0 Å². The molecule has 0 unspecified atom stereocenters. The molecule has 1 aromatic heterocycles. The lowest BCUT2D eigenvalue weighted by Crippen LogP contribution is -2.47. The van der Waals surface area contributed by atoms with Gasteiger partial charge in [-0.1, -0.05) is 24.5 Å². The quantitative estimate of drug-likeness (QED) is 0.235. The van der Waals surface area contributed by atoms with E-state index < -0.39 is 35.1 Å². The first-order valence-electron chi connectivity index (χ1n) is 12.9. The number of nitrogens with one attached hydrogen (secondary N) is 1. The Bertz CT molecular complexity index is 1620. The Morgan fingerprint density at radius 3 is 2.62 bits per heavy atom. The van der Waals surface area contributed by atoms with Crippen molar-refractivity contribution < 1.29 is 27.2 Å². The van der Waals surface area contributed by atoms with Crippen molar-refractivity contribution in [2.75, 3.05) is 28.2 Å². The van der Waals surface area contributed by atoms with Crippen LogP contribution in [0.15, 0.2) is 67.3 Å². The Labute approximate surface area is 240 Å². The molecule has 214 valence electrons. The summed E-state index contributed by atoms with van der Waals surface area (Å²) in [4.78, 5) is 32.6. The molecule has 11 heteroatoms. The average Bonchev–Trinajstić information content (AvgIpc) is 3.45. The number of hydrogen-bond donors (Lipinski definition) is 1. The van der Waals surface area contributed by atoms with Crippen molar-refractivity contribution >= 4 is 29.0 Å². The van der Waals surface area contributed by atoms with E-state index >= 15 is 0 Å². The normalized spacial score (nSPS) is 14.4. The number of aromatic nitrogens is 1. The summed E-state index contributed by atoms with van der Waals surface area (Å²) < 4.78 is 55.0. The van der Waals surface area contributed by atoms with Crippen molar-refractivity contribution in [1.29, 1.82) is 5.26 Å². The smallest absolute Gasteiger partial charge is 0.343 e. The Morgan fingerprint density at radius 2 is 1.95 bits per heavy atom. The number of halogens is 4. The number of aryl methyl sites for hydroxylation is 1. The molecule has 42 heavy (non-hydrogen) atoms. The van der Waals surface area contributed by atoms with Gasteiger partial charge in [-0.3, -0.25) is 14.5 Å². The van der Waals surface area contributed by atoms with Crippen molar-refractivity contribution in [2.24, 2.45) is 0 Å². The molecule has 0 aliphatic carbocycles. The number of anilines is 3. The van der Waals surface area contributed by atoms with Crippen LogP contribution >= 0.6 is 0 Å². The first-order valence-corrected chi connectivity index (χ1v) is 12.9. The second-order valence-electron chi connectivity index (χ2n) is 9.45. The van der Waals surface area contributed by atoms with E-state index in [9.17, 15) is 32.4 Å². The van der Waals surface area contributed by atoms with E-state index in [4.69, 9.17) is 0 Å². The van der Waals surface area contributed by atoms with Crippen molar-refractivity contribution in [1.82, 2.24) is 4.98 Å². The molecule has 0 saturated carbocycles. The third-order valence-electron chi connectivity index (χ3n) is 6.55. The van der Waals surface area contributed by atoms with Gasteiger partial charge in [0.2, 0.25) is 5.91 Å². The zero-order chi connectivity index (χ0) is 30.4. The number of amides is 2. The average molecular weight is 576 g/mol. The van der Waals surface area contributed by atoms with Crippen LogP contribution in [-0.4, -0.2) is 35.9 Å². The summed E-state index contributed by atoms with van der Waals surface area (Å²) in [6, 6.07) is 13.4. The maximum atomic E-state index is 14.0. The van der Waals surface area contributed by atoms with Gasteiger partial charge in [0.1, 0.15) is 29.3 Å². The molecular formula is C31H25F4N5O2. The summed E-state index contributed by atoms with van der Waals surface area (Å²) in [5.74, 6) is 4.27. The summed E-state index contributed by atoms with van der Waals surface area (Å²) >= 11 is 0.